The molecule has 1 heterocycles. The van der Waals surface area contributed by atoms with Gasteiger partial charge < -0.3 is 4.90 Å². The van der Waals surface area contributed by atoms with Gasteiger partial charge in [0, 0.05) is 35.8 Å². The van der Waals surface area contributed by atoms with Gasteiger partial charge in [0.25, 0.3) is 0 Å². The van der Waals surface area contributed by atoms with Crippen LogP contribution in [0.15, 0.2) is 45.8 Å². The van der Waals surface area contributed by atoms with Crippen LogP contribution >= 0.6 is 15.9 Å². The molecular weight excluding hydrogens is 490 g/mol. The average molecular weight is 506 g/mol. The molecule has 2 aromatic rings. The van der Waals surface area contributed by atoms with Crippen molar-refractivity contribution in [3.63, 3.8) is 0 Å². The molecule has 0 aliphatic carbocycles. The number of rotatable bonds is 3. The van der Waals surface area contributed by atoms with Crippen LogP contribution in [0.5, 0.6) is 0 Å². The zero-order chi connectivity index (χ0) is 22.3. The number of halogens is 5. The van der Waals surface area contributed by atoms with Crippen LogP contribution in [0.25, 0.3) is 0 Å². The fourth-order valence-corrected chi connectivity index (χ4v) is 5.43. The van der Waals surface area contributed by atoms with Gasteiger partial charge in [-0.3, -0.25) is 0 Å². The van der Waals surface area contributed by atoms with Crippen LogP contribution in [0.2, 0.25) is 0 Å². The van der Waals surface area contributed by atoms with E-state index in [1.165, 1.54) is 23.1 Å². The summed E-state index contributed by atoms with van der Waals surface area (Å²) < 4.78 is 82.0. The van der Waals surface area contributed by atoms with E-state index in [9.17, 15) is 26.0 Å². The van der Waals surface area contributed by atoms with Crippen LogP contribution in [0, 0.1) is 17.1 Å². The van der Waals surface area contributed by atoms with Gasteiger partial charge >= 0.3 is 6.18 Å². The zero-order valence-corrected chi connectivity index (χ0v) is 18.0. The summed E-state index contributed by atoms with van der Waals surface area (Å²) in [5.74, 6) is -0.912. The van der Waals surface area contributed by atoms with Crippen molar-refractivity contribution in [2.45, 2.75) is 24.0 Å². The molecule has 0 N–H and O–H groups in total. The number of hydrogen-bond acceptors (Lipinski definition) is 4. The van der Waals surface area contributed by atoms with Crippen LogP contribution in [0.4, 0.5) is 23.2 Å². The Balaban J connectivity index is 1.90. The highest BCUT2D eigenvalue weighted by molar-refractivity contribution is 9.10. The first kappa shape index (κ1) is 22.5. The zero-order valence-electron chi connectivity index (χ0n) is 15.6. The summed E-state index contributed by atoms with van der Waals surface area (Å²) in [6.07, 6.45) is -4.67. The monoisotopic (exact) mass is 505 g/mol. The molecule has 2 aromatic carbocycles. The van der Waals surface area contributed by atoms with E-state index in [1.54, 1.807) is 13.0 Å². The van der Waals surface area contributed by atoms with Gasteiger partial charge in [0.1, 0.15) is 10.7 Å². The van der Waals surface area contributed by atoms with Gasteiger partial charge in [-0.15, -0.1) is 0 Å². The molecule has 0 unspecified atom stereocenters. The van der Waals surface area contributed by atoms with Crippen LogP contribution in [-0.2, 0) is 16.2 Å². The number of hydrogen-bond donors (Lipinski definition) is 0. The minimum atomic E-state index is -4.67. The minimum absolute atomic E-state index is 0.0172. The summed E-state index contributed by atoms with van der Waals surface area (Å²) in [4.78, 5) is 0.943. The van der Waals surface area contributed by atoms with E-state index < -0.39 is 38.5 Å². The first-order valence-corrected chi connectivity index (χ1v) is 11.0. The molecule has 3 rings (SSSR count). The molecule has 1 saturated heterocycles. The Morgan fingerprint density at radius 3 is 2.43 bits per heavy atom. The maximum Gasteiger partial charge on any atom is 0.418 e. The summed E-state index contributed by atoms with van der Waals surface area (Å²) in [5, 5.41) is 8.91. The highest BCUT2D eigenvalue weighted by Gasteiger charge is 2.39. The van der Waals surface area contributed by atoms with Crippen molar-refractivity contribution >= 4 is 31.6 Å². The predicted octanol–water partition coefficient (Wildman–Crippen LogP) is 4.38. The molecule has 1 aliphatic rings. The van der Waals surface area contributed by atoms with E-state index in [0.29, 0.717) is 4.47 Å². The van der Waals surface area contributed by atoms with Crippen LogP contribution in [0.1, 0.15) is 18.1 Å². The number of nitriles is 1. The Morgan fingerprint density at radius 1 is 1.17 bits per heavy atom. The first-order chi connectivity index (χ1) is 13.9. The topological polar surface area (TPSA) is 64.4 Å². The number of benzene rings is 2. The lowest BCUT2D eigenvalue weighted by Crippen LogP contribution is -2.54. The molecule has 1 fully saturated rings. The largest absolute Gasteiger partial charge is 0.418 e. The molecule has 0 spiro atoms. The molecule has 1 atom stereocenters. The Kier molecular flexibility index (Phi) is 6.13. The molecule has 11 heteroatoms. The van der Waals surface area contributed by atoms with Crippen molar-refractivity contribution in [3.8, 4) is 6.07 Å². The second-order valence-electron chi connectivity index (χ2n) is 6.83. The highest BCUT2D eigenvalue weighted by Crippen LogP contribution is 2.38. The number of piperazine rings is 1. The predicted molar refractivity (Wildman–Crippen MR) is 106 cm³/mol. The molecule has 0 amide bonds. The van der Waals surface area contributed by atoms with E-state index in [0.717, 1.165) is 22.5 Å². The van der Waals surface area contributed by atoms with Crippen molar-refractivity contribution < 1.29 is 26.0 Å². The molecule has 1 aliphatic heterocycles. The number of alkyl halides is 3. The van der Waals surface area contributed by atoms with Gasteiger partial charge in [-0.25, -0.2) is 12.8 Å². The Morgan fingerprint density at radius 2 is 1.87 bits per heavy atom. The second kappa shape index (κ2) is 8.17. The SMILES string of the molecule is C[C@@H]1CN(c2ccc(C#N)cc2C(F)(F)F)CCN1S(=O)(=O)c1ccc(Br)cc1F. The number of sulfonamides is 1. The third-order valence-corrected chi connectivity index (χ3v) is 7.36. The summed E-state index contributed by atoms with van der Waals surface area (Å²) >= 11 is 3.07. The standard InChI is InChI=1S/C19H16BrF4N3O2S/c1-12-11-26(17-4-2-13(10-25)8-15(17)19(22,23)24)6-7-27(12)30(28,29)18-5-3-14(20)9-16(18)21/h2-5,8-9,12H,6-7,11H2,1H3/t12-/m1/s1. The van der Waals surface area contributed by atoms with Crippen LogP contribution in [0.3, 0.4) is 0 Å². The first-order valence-electron chi connectivity index (χ1n) is 8.78. The van der Waals surface area contributed by atoms with Gasteiger partial charge in [-0.1, -0.05) is 15.9 Å². The summed E-state index contributed by atoms with van der Waals surface area (Å²) in [7, 11) is -4.17. The number of nitrogens with zero attached hydrogens (tertiary/aromatic N) is 3. The summed E-state index contributed by atoms with van der Waals surface area (Å²) in [6.45, 7) is 1.40. The molecule has 0 bridgehead atoms. The molecule has 0 aromatic heterocycles. The van der Waals surface area contributed by atoms with Gasteiger partial charge in [0.15, 0.2) is 0 Å². The van der Waals surface area contributed by atoms with E-state index in [2.05, 4.69) is 15.9 Å². The highest BCUT2D eigenvalue weighted by atomic mass is 79.9. The smallest absolute Gasteiger partial charge is 0.368 e. The van der Waals surface area contributed by atoms with Crippen molar-refractivity contribution in [2.24, 2.45) is 0 Å². The van der Waals surface area contributed by atoms with Gasteiger partial charge in [-0.2, -0.15) is 22.7 Å². The lowest BCUT2D eigenvalue weighted by molar-refractivity contribution is -0.137. The lowest BCUT2D eigenvalue weighted by atomic mass is 10.1. The van der Waals surface area contributed by atoms with E-state index >= 15 is 0 Å². The van der Waals surface area contributed by atoms with E-state index in [4.69, 9.17) is 5.26 Å². The van der Waals surface area contributed by atoms with Crippen LogP contribution in [-0.4, -0.2) is 38.4 Å². The Labute approximate surface area is 179 Å². The average Bonchev–Trinajstić information content (AvgIpc) is 2.66. The van der Waals surface area contributed by atoms with Gasteiger partial charge in [-0.05, 0) is 43.3 Å². The molecule has 5 nitrogen and oxygen atoms in total. The van der Waals surface area contributed by atoms with Crippen molar-refractivity contribution in [2.75, 3.05) is 24.5 Å². The molecule has 0 radical (unpaired) electrons. The molecule has 0 saturated carbocycles. The Bertz CT molecular complexity index is 1120. The van der Waals surface area contributed by atoms with Crippen molar-refractivity contribution in [3.05, 3.63) is 57.8 Å². The quantitative estimate of drug-likeness (QED) is 0.580. The fraction of sp³-hybridized carbons (Fsp3) is 0.316. The maximum absolute atomic E-state index is 14.2. The second-order valence-corrected chi connectivity index (χ2v) is 9.60. The lowest BCUT2D eigenvalue weighted by Gasteiger charge is -2.40. The molecular formula is C19H16BrF4N3O2S. The van der Waals surface area contributed by atoms with Gasteiger partial charge in [0.05, 0.1) is 17.2 Å². The van der Waals surface area contributed by atoms with E-state index in [1.807, 2.05) is 0 Å². The number of anilines is 1. The molecule has 30 heavy (non-hydrogen) atoms. The van der Waals surface area contributed by atoms with Crippen molar-refractivity contribution in [1.82, 2.24) is 4.31 Å². The molecule has 160 valence electrons. The Hall–Kier alpha value is -2.16. The minimum Gasteiger partial charge on any atom is -0.368 e. The summed E-state index contributed by atoms with van der Waals surface area (Å²) in [6, 6.07) is 7.86. The normalized spacial score (nSPS) is 18.3. The van der Waals surface area contributed by atoms with E-state index in [-0.39, 0.29) is 30.9 Å². The van der Waals surface area contributed by atoms with Gasteiger partial charge in [0.2, 0.25) is 10.0 Å². The third-order valence-electron chi connectivity index (χ3n) is 4.82. The van der Waals surface area contributed by atoms with Crippen LogP contribution < -0.4 is 4.90 Å². The van der Waals surface area contributed by atoms with Crippen molar-refractivity contribution in [1.29, 1.82) is 5.26 Å². The fourth-order valence-electron chi connectivity index (χ4n) is 3.44. The summed E-state index contributed by atoms with van der Waals surface area (Å²) in [5.41, 5.74) is -1.20. The maximum atomic E-state index is 14.2. The third kappa shape index (κ3) is 4.31.